The zero-order chi connectivity index (χ0) is 14.5. The molecule has 0 aromatic carbocycles. The summed E-state index contributed by atoms with van der Waals surface area (Å²) in [5.41, 5.74) is 0.670. The number of ether oxygens (including phenoxy) is 2. The Labute approximate surface area is 116 Å². The summed E-state index contributed by atoms with van der Waals surface area (Å²) in [5.74, 6) is -1.62. The lowest BCUT2D eigenvalue weighted by molar-refractivity contribution is -0.152. The van der Waals surface area contributed by atoms with Crippen LogP contribution in [-0.2, 0) is 19.1 Å². The van der Waals surface area contributed by atoms with Crippen molar-refractivity contribution in [2.75, 3.05) is 13.2 Å². The standard InChI is InChI=1S/C13H18N2O5/c1-2-5-19-6-3-4-8-7-9(16)20-12-10(8)11(17)14-13(18)15-12/h7,10,12H,2-6H2,1H3,(H2,14,15,17,18). The van der Waals surface area contributed by atoms with Gasteiger partial charge in [-0.25, -0.2) is 9.59 Å². The second kappa shape index (κ2) is 6.51. The molecule has 0 spiro atoms. The Morgan fingerprint density at radius 1 is 1.30 bits per heavy atom. The smallest absolute Gasteiger partial charge is 0.332 e. The number of nitrogens with one attached hydrogen (secondary N) is 2. The molecular formula is C13H18N2O5. The lowest BCUT2D eigenvalue weighted by Crippen LogP contribution is -2.61. The highest BCUT2D eigenvalue weighted by atomic mass is 16.6. The Morgan fingerprint density at radius 3 is 2.85 bits per heavy atom. The van der Waals surface area contributed by atoms with Crippen molar-refractivity contribution >= 4 is 17.9 Å². The fourth-order valence-corrected chi connectivity index (χ4v) is 2.29. The summed E-state index contributed by atoms with van der Waals surface area (Å²) < 4.78 is 10.3. The summed E-state index contributed by atoms with van der Waals surface area (Å²) in [6.45, 7) is 3.30. The molecule has 1 fully saturated rings. The molecule has 2 N–H and O–H groups in total. The number of hydrogen-bond acceptors (Lipinski definition) is 5. The zero-order valence-corrected chi connectivity index (χ0v) is 11.3. The number of esters is 1. The maximum atomic E-state index is 11.9. The van der Waals surface area contributed by atoms with Crippen LogP contribution in [-0.4, -0.2) is 37.3 Å². The molecule has 110 valence electrons. The van der Waals surface area contributed by atoms with Gasteiger partial charge in [0.2, 0.25) is 5.91 Å². The number of amides is 3. The number of rotatable bonds is 6. The Kier molecular flexibility index (Phi) is 4.73. The van der Waals surface area contributed by atoms with E-state index < -0.39 is 30.1 Å². The highest BCUT2D eigenvalue weighted by Gasteiger charge is 2.42. The van der Waals surface area contributed by atoms with Gasteiger partial charge in [0.1, 0.15) is 5.92 Å². The molecule has 2 unspecified atom stereocenters. The third-order valence-corrected chi connectivity index (χ3v) is 3.14. The van der Waals surface area contributed by atoms with Crippen molar-refractivity contribution in [3.05, 3.63) is 11.6 Å². The summed E-state index contributed by atoms with van der Waals surface area (Å²) in [6.07, 6.45) is 2.65. The van der Waals surface area contributed by atoms with E-state index in [1.54, 1.807) is 0 Å². The van der Waals surface area contributed by atoms with Gasteiger partial charge in [0, 0.05) is 19.3 Å². The SMILES string of the molecule is CCCOCCCC1=CC(=O)OC2NC(=O)NC(=O)C12. The lowest BCUT2D eigenvalue weighted by Gasteiger charge is -2.34. The van der Waals surface area contributed by atoms with Gasteiger partial charge in [-0.1, -0.05) is 6.92 Å². The monoisotopic (exact) mass is 282 g/mol. The molecule has 0 aromatic rings. The molecule has 20 heavy (non-hydrogen) atoms. The van der Waals surface area contributed by atoms with Gasteiger partial charge in [-0.3, -0.25) is 10.1 Å². The van der Waals surface area contributed by atoms with Crippen LogP contribution in [0.4, 0.5) is 4.79 Å². The van der Waals surface area contributed by atoms with Gasteiger partial charge < -0.3 is 14.8 Å². The predicted octanol–water partition coefficient (Wildman–Crippen LogP) is 0.458. The predicted molar refractivity (Wildman–Crippen MR) is 68.5 cm³/mol. The number of urea groups is 1. The van der Waals surface area contributed by atoms with Gasteiger partial charge >= 0.3 is 12.0 Å². The van der Waals surface area contributed by atoms with Crippen molar-refractivity contribution in [1.29, 1.82) is 0 Å². The molecule has 0 bridgehead atoms. The number of carbonyl (C=O) groups is 3. The molecule has 1 saturated heterocycles. The quantitative estimate of drug-likeness (QED) is 0.545. The average molecular weight is 282 g/mol. The van der Waals surface area contributed by atoms with Gasteiger partial charge in [-0.2, -0.15) is 0 Å². The number of carbonyl (C=O) groups excluding carboxylic acids is 3. The summed E-state index contributed by atoms with van der Waals surface area (Å²) in [7, 11) is 0. The second-order valence-corrected chi connectivity index (χ2v) is 4.73. The van der Waals surface area contributed by atoms with Crippen LogP contribution >= 0.6 is 0 Å². The van der Waals surface area contributed by atoms with Crippen molar-refractivity contribution in [2.24, 2.45) is 5.92 Å². The van der Waals surface area contributed by atoms with Gasteiger partial charge in [-0.05, 0) is 24.8 Å². The van der Waals surface area contributed by atoms with Crippen molar-refractivity contribution < 1.29 is 23.9 Å². The molecule has 2 rings (SSSR count). The van der Waals surface area contributed by atoms with E-state index in [4.69, 9.17) is 9.47 Å². The van der Waals surface area contributed by atoms with Crippen molar-refractivity contribution in [1.82, 2.24) is 10.6 Å². The molecule has 3 amide bonds. The van der Waals surface area contributed by atoms with E-state index >= 15 is 0 Å². The van der Waals surface area contributed by atoms with E-state index in [0.717, 1.165) is 6.42 Å². The van der Waals surface area contributed by atoms with Crippen LogP contribution in [0.2, 0.25) is 0 Å². The highest BCUT2D eigenvalue weighted by molar-refractivity contribution is 6.01. The molecule has 2 aliphatic heterocycles. The van der Waals surface area contributed by atoms with Crippen LogP contribution < -0.4 is 10.6 Å². The largest absolute Gasteiger partial charge is 0.437 e. The summed E-state index contributed by atoms with van der Waals surface area (Å²) >= 11 is 0. The molecule has 0 saturated carbocycles. The van der Waals surface area contributed by atoms with Crippen LogP contribution in [0.3, 0.4) is 0 Å². The molecule has 2 heterocycles. The number of fused-ring (bicyclic) bond motifs is 1. The van der Waals surface area contributed by atoms with E-state index in [9.17, 15) is 14.4 Å². The normalized spacial score (nSPS) is 25.2. The van der Waals surface area contributed by atoms with Crippen LogP contribution in [0.15, 0.2) is 11.6 Å². The van der Waals surface area contributed by atoms with Gasteiger partial charge in [-0.15, -0.1) is 0 Å². The van der Waals surface area contributed by atoms with E-state index in [-0.39, 0.29) is 0 Å². The van der Waals surface area contributed by atoms with Gasteiger partial charge in [0.25, 0.3) is 0 Å². The first-order valence-electron chi connectivity index (χ1n) is 6.72. The molecule has 0 radical (unpaired) electrons. The number of hydrogen-bond donors (Lipinski definition) is 2. The third kappa shape index (κ3) is 3.36. The summed E-state index contributed by atoms with van der Waals surface area (Å²) in [4.78, 5) is 34.5. The van der Waals surface area contributed by atoms with Crippen molar-refractivity contribution in [3.8, 4) is 0 Å². The Balaban J connectivity index is 1.97. The van der Waals surface area contributed by atoms with Crippen LogP contribution in [0.5, 0.6) is 0 Å². The van der Waals surface area contributed by atoms with Crippen LogP contribution in [0.25, 0.3) is 0 Å². The first-order valence-corrected chi connectivity index (χ1v) is 6.72. The lowest BCUT2D eigenvalue weighted by atomic mass is 9.89. The third-order valence-electron chi connectivity index (χ3n) is 3.14. The molecule has 2 atom stereocenters. The fourth-order valence-electron chi connectivity index (χ4n) is 2.29. The number of imide groups is 1. The minimum absolute atomic E-state index is 0.438. The summed E-state index contributed by atoms with van der Waals surface area (Å²) in [6, 6.07) is -0.642. The Bertz CT molecular complexity index is 446. The summed E-state index contributed by atoms with van der Waals surface area (Å²) in [5, 5.41) is 4.62. The van der Waals surface area contributed by atoms with Crippen molar-refractivity contribution in [2.45, 2.75) is 32.4 Å². The van der Waals surface area contributed by atoms with E-state index in [1.165, 1.54) is 6.08 Å². The van der Waals surface area contributed by atoms with Gasteiger partial charge in [0.05, 0.1) is 0 Å². The molecule has 0 aliphatic carbocycles. The average Bonchev–Trinajstić information content (AvgIpc) is 2.36. The van der Waals surface area contributed by atoms with Crippen molar-refractivity contribution in [3.63, 3.8) is 0 Å². The first-order chi connectivity index (χ1) is 9.61. The topological polar surface area (TPSA) is 93.7 Å². The molecule has 2 aliphatic rings. The molecule has 0 aromatic heterocycles. The maximum absolute atomic E-state index is 11.9. The fraction of sp³-hybridized carbons (Fsp3) is 0.615. The van der Waals surface area contributed by atoms with E-state index in [1.807, 2.05) is 6.92 Å². The highest BCUT2D eigenvalue weighted by Crippen LogP contribution is 2.27. The Hall–Kier alpha value is -1.89. The molecular weight excluding hydrogens is 264 g/mol. The zero-order valence-electron chi connectivity index (χ0n) is 11.3. The molecule has 7 nitrogen and oxygen atoms in total. The minimum Gasteiger partial charge on any atom is -0.437 e. The Morgan fingerprint density at radius 2 is 2.10 bits per heavy atom. The van der Waals surface area contributed by atoms with Crippen LogP contribution in [0.1, 0.15) is 26.2 Å². The second-order valence-electron chi connectivity index (χ2n) is 4.73. The van der Waals surface area contributed by atoms with E-state index in [0.29, 0.717) is 31.6 Å². The minimum atomic E-state index is -0.902. The maximum Gasteiger partial charge on any atom is 0.332 e. The van der Waals surface area contributed by atoms with Gasteiger partial charge in [0.15, 0.2) is 6.23 Å². The van der Waals surface area contributed by atoms with Crippen LogP contribution in [0, 0.1) is 5.92 Å². The molecule has 7 heteroatoms. The first kappa shape index (κ1) is 14.5. The van der Waals surface area contributed by atoms with E-state index in [2.05, 4.69) is 10.6 Å².